The molecule has 3 N–H and O–H groups in total. The van der Waals surface area contributed by atoms with Crippen LogP contribution in [-0.4, -0.2) is 31.9 Å². The molecule has 9 nitrogen and oxygen atoms in total. The van der Waals surface area contributed by atoms with Crippen LogP contribution in [0.3, 0.4) is 0 Å². The van der Waals surface area contributed by atoms with Gasteiger partial charge in [0.05, 0.1) is 17.5 Å². The van der Waals surface area contributed by atoms with Gasteiger partial charge in [-0.2, -0.15) is 0 Å². The number of carbonyl (C=O) groups is 2. The van der Waals surface area contributed by atoms with E-state index in [2.05, 4.69) is 10.3 Å². The van der Waals surface area contributed by atoms with Crippen molar-refractivity contribution in [2.75, 3.05) is 11.9 Å². The molecular formula is C21H21N3O6S. The fourth-order valence-electron chi connectivity index (χ4n) is 2.63. The van der Waals surface area contributed by atoms with Crippen molar-refractivity contribution < 1.29 is 27.2 Å². The Kier molecular flexibility index (Phi) is 6.83. The lowest BCUT2D eigenvalue weighted by molar-refractivity contribution is -0.147. The van der Waals surface area contributed by atoms with Crippen LogP contribution in [0.4, 0.5) is 5.69 Å². The molecule has 1 aromatic heterocycles. The quantitative estimate of drug-likeness (QED) is 0.509. The van der Waals surface area contributed by atoms with E-state index in [0.29, 0.717) is 17.3 Å². The van der Waals surface area contributed by atoms with Crippen LogP contribution in [0.1, 0.15) is 17.9 Å². The van der Waals surface area contributed by atoms with Crippen LogP contribution >= 0.6 is 0 Å². The number of ether oxygens (including phenoxy) is 1. The molecule has 0 fully saturated rings. The number of sulfonamides is 1. The number of anilines is 1. The number of rotatable bonds is 8. The van der Waals surface area contributed by atoms with Gasteiger partial charge in [0.2, 0.25) is 10.0 Å². The molecule has 0 aliphatic carbocycles. The van der Waals surface area contributed by atoms with Crippen LogP contribution in [0.25, 0.3) is 11.3 Å². The Bertz CT molecular complexity index is 1170. The number of carbonyl (C=O) groups excluding carboxylic acids is 2. The van der Waals surface area contributed by atoms with Crippen molar-refractivity contribution in [3.05, 3.63) is 66.2 Å². The maximum Gasteiger partial charge on any atom is 0.306 e. The van der Waals surface area contributed by atoms with E-state index in [4.69, 9.17) is 14.3 Å². The van der Waals surface area contributed by atoms with E-state index in [1.807, 2.05) is 31.2 Å². The molecule has 0 aliphatic rings. The van der Waals surface area contributed by atoms with Crippen molar-refractivity contribution in [1.82, 2.24) is 4.98 Å². The largest absolute Gasteiger partial charge is 0.456 e. The number of hydrogen-bond acceptors (Lipinski definition) is 7. The van der Waals surface area contributed by atoms with E-state index in [0.717, 1.165) is 11.1 Å². The summed E-state index contributed by atoms with van der Waals surface area (Å²) in [6, 6.07) is 13.1. The summed E-state index contributed by atoms with van der Waals surface area (Å²) in [5, 5.41) is 7.50. The van der Waals surface area contributed by atoms with Crippen molar-refractivity contribution in [2.45, 2.75) is 24.7 Å². The summed E-state index contributed by atoms with van der Waals surface area (Å²) >= 11 is 0. The predicted octanol–water partition coefficient (Wildman–Crippen LogP) is 2.41. The Labute approximate surface area is 179 Å². The second kappa shape index (κ2) is 9.54. The minimum atomic E-state index is -3.81. The molecule has 0 saturated carbocycles. The molecule has 0 atom stereocenters. The zero-order chi connectivity index (χ0) is 22.4. The minimum absolute atomic E-state index is 0.00415. The summed E-state index contributed by atoms with van der Waals surface area (Å²) in [6.07, 6.45) is 1.84. The topological polar surface area (TPSA) is 142 Å². The average Bonchev–Trinajstić information content (AvgIpc) is 3.20. The zero-order valence-electron chi connectivity index (χ0n) is 16.7. The fraction of sp³-hybridized carbons (Fsp3) is 0.190. The van der Waals surface area contributed by atoms with E-state index >= 15 is 0 Å². The fourth-order valence-corrected chi connectivity index (χ4v) is 3.14. The van der Waals surface area contributed by atoms with Crippen molar-refractivity contribution >= 4 is 27.6 Å². The molecule has 0 bridgehead atoms. The number of benzene rings is 2. The van der Waals surface area contributed by atoms with Gasteiger partial charge in [0.1, 0.15) is 0 Å². The van der Waals surface area contributed by atoms with Gasteiger partial charge >= 0.3 is 5.97 Å². The van der Waals surface area contributed by atoms with Gasteiger partial charge in [-0.25, -0.2) is 18.5 Å². The summed E-state index contributed by atoms with van der Waals surface area (Å²) in [6.45, 7) is 1.52. The van der Waals surface area contributed by atoms with E-state index < -0.39 is 28.5 Å². The highest BCUT2D eigenvalue weighted by atomic mass is 32.2. The van der Waals surface area contributed by atoms with E-state index in [1.165, 1.54) is 24.3 Å². The Morgan fingerprint density at radius 1 is 1.10 bits per heavy atom. The van der Waals surface area contributed by atoms with Crippen LogP contribution in [0.2, 0.25) is 0 Å². The van der Waals surface area contributed by atoms with Crippen molar-refractivity contribution in [1.29, 1.82) is 0 Å². The first-order chi connectivity index (χ1) is 14.7. The van der Waals surface area contributed by atoms with Gasteiger partial charge in [-0.1, -0.05) is 29.8 Å². The first kappa shape index (κ1) is 22.2. The van der Waals surface area contributed by atoms with Gasteiger partial charge < -0.3 is 14.5 Å². The lowest BCUT2D eigenvalue weighted by Gasteiger charge is -2.07. The van der Waals surface area contributed by atoms with Gasteiger partial charge in [0.25, 0.3) is 5.91 Å². The van der Waals surface area contributed by atoms with Crippen LogP contribution in [0.5, 0.6) is 0 Å². The molecule has 0 unspecified atom stereocenters. The molecule has 1 heterocycles. The summed E-state index contributed by atoms with van der Waals surface area (Å²) in [4.78, 5) is 27.9. The molecule has 10 heteroatoms. The molecule has 0 radical (unpaired) electrons. The number of aromatic nitrogens is 1. The van der Waals surface area contributed by atoms with Crippen LogP contribution in [-0.2, 0) is 30.8 Å². The maximum absolute atomic E-state index is 11.9. The molecule has 0 spiro atoms. The van der Waals surface area contributed by atoms with Crippen molar-refractivity contribution in [2.24, 2.45) is 5.14 Å². The molecule has 2 aromatic carbocycles. The third-order valence-electron chi connectivity index (χ3n) is 4.26. The third-order valence-corrected chi connectivity index (χ3v) is 5.19. The van der Waals surface area contributed by atoms with Gasteiger partial charge in [0.15, 0.2) is 18.3 Å². The Hall–Kier alpha value is -3.50. The molecule has 31 heavy (non-hydrogen) atoms. The standard InChI is InChI=1S/C21H21N3O6S/c1-14-2-4-15(5-3-14)18-12-23-20(30-18)10-11-21(26)29-13-19(25)24-16-6-8-17(9-7-16)31(22,27)28/h2-9,12H,10-11,13H2,1H3,(H,24,25)(H2,22,27,28). The normalized spacial score (nSPS) is 11.2. The lowest BCUT2D eigenvalue weighted by atomic mass is 10.1. The molecule has 0 saturated heterocycles. The number of primary sulfonamides is 1. The number of nitrogens with one attached hydrogen (secondary N) is 1. The van der Waals surface area contributed by atoms with Crippen molar-refractivity contribution in [3.8, 4) is 11.3 Å². The highest BCUT2D eigenvalue weighted by molar-refractivity contribution is 7.89. The number of nitrogens with zero attached hydrogens (tertiary/aromatic N) is 1. The van der Waals surface area contributed by atoms with Gasteiger partial charge in [-0.3, -0.25) is 9.59 Å². The Balaban J connectivity index is 1.43. The van der Waals surface area contributed by atoms with Crippen LogP contribution in [0.15, 0.2) is 64.0 Å². The van der Waals surface area contributed by atoms with E-state index in [1.54, 1.807) is 6.20 Å². The maximum atomic E-state index is 11.9. The number of aryl methyl sites for hydroxylation is 2. The predicted molar refractivity (Wildman–Crippen MR) is 112 cm³/mol. The highest BCUT2D eigenvalue weighted by Gasteiger charge is 2.12. The SMILES string of the molecule is Cc1ccc(-c2cnc(CCC(=O)OCC(=O)Nc3ccc(S(N)(=O)=O)cc3)o2)cc1. The molecule has 1 amide bonds. The zero-order valence-corrected chi connectivity index (χ0v) is 17.5. The summed E-state index contributed by atoms with van der Waals surface area (Å²) in [7, 11) is -3.81. The Morgan fingerprint density at radius 3 is 2.42 bits per heavy atom. The second-order valence-corrected chi connectivity index (χ2v) is 8.32. The van der Waals surface area contributed by atoms with E-state index in [-0.39, 0.29) is 17.7 Å². The summed E-state index contributed by atoms with van der Waals surface area (Å²) < 4.78 is 33.0. The monoisotopic (exact) mass is 443 g/mol. The second-order valence-electron chi connectivity index (χ2n) is 6.76. The smallest absolute Gasteiger partial charge is 0.306 e. The number of oxazole rings is 1. The summed E-state index contributed by atoms with van der Waals surface area (Å²) in [5.74, 6) is -0.132. The number of amides is 1. The van der Waals surface area contributed by atoms with Crippen LogP contribution < -0.4 is 10.5 Å². The van der Waals surface area contributed by atoms with Gasteiger partial charge in [-0.15, -0.1) is 0 Å². The first-order valence-electron chi connectivity index (χ1n) is 9.31. The third kappa shape index (κ3) is 6.49. The van der Waals surface area contributed by atoms with Gasteiger partial charge in [-0.05, 0) is 31.2 Å². The minimum Gasteiger partial charge on any atom is -0.456 e. The first-order valence-corrected chi connectivity index (χ1v) is 10.9. The van der Waals surface area contributed by atoms with E-state index in [9.17, 15) is 18.0 Å². The number of nitrogens with two attached hydrogens (primary N) is 1. The average molecular weight is 443 g/mol. The molecule has 162 valence electrons. The molecule has 0 aliphatic heterocycles. The van der Waals surface area contributed by atoms with Crippen molar-refractivity contribution in [3.63, 3.8) is 0 Å². The number of esters is 1. The van der Waals surface area contributed by atoms with Crippen LogP contribution in [0, 0.1) is 6.92 Å². The molecule has 3 aromatic rings. The summed E-state index contributed by atoms with van der Waals surface area (Å²) in [5.41, 5.74) is 2.37. The lowest BCUT2D eigenvalue weighted by Crippen LogP contribution is -2.21. The molecule has 3 rings (SSSR count). The number of hydrogen-bond donors (Lipinski definition) is 2. The molecular weight excluding hydrogens is 422 g/mol. The van der Waals surface area contributed by atoms with Gasteiger partial charge in [0, 0.05) is 17.7 Å². The Morgan fingerprint density at radius 2 is 1.77 bits per heavy atom. The highest BCUT2D eigenvalue weighted by Crippen LogP contribution is 2.21.